The first-order chi connectivity index (χ1) is 8.63. The van der Waals surface area contributed by atoms with Gasteiger partial charge in [-0.1, -0.05) is 6.92 Å². The highest BCUT2D eigenvalue weighted by molar-refractivity contribution is 5.93. The standard InChI is InChI=1S/C13H20N4O/c1-3-16-7-5-13(8-16)9-17(10-13)12(18)11-4-6-14-15(11)2/h4,6H,3,5,7-10H2,1-2H3. The van der Waals surface area contributed by atoms with Crippen LogP contribution in [0.3, 0.4) is 0 Å². The zero-order valence-corrected chi connectivity index (χ0v) is 11.1. The first-order valence-electron chi connectivity index (χ1n) is 6.63. The average molecular weight is 248 g/mol. The van der Waals surface area contributed by atoms with Crippen molar-refractivity contribution in [2.75, 3.05) is 32.7 Å². The Morgan fingerprint density at radius 2 is 2.22 bits per heavy atom. The van der Waals surface area contributed by atoms with Gasteiger partial charge < -0.3 is 9.80 Å². The molecule has 2 saturated heterocycles. The minimum absolute atomic E-state index is 0.121. The van der Waals surface area contributed by atoms with Crippen LogP contribution in [0.5, 0.6) is 0 Å². The molecule has 18 heavy (non-hydrogen) atoms. The second kappa shape index (κ2) is 4.09. The van der Waals surface area contributed by atoms with E-state index in [1.807, 2.05) is 11.9 Å². The van der Waals surface area contributed by atoms with Gasteiger partial charge in [-0.05, 0) is 25.6 Å². The van der Waals surface area contributed by atoms with E-state index in [4.69, 9.17) is 0 Å². The Balaban J connectivity index is 1.63. The second-order valence-corrected chi connectivity index (χ2v) is 5.62. The van der Waals surface area contributed by atoms with E-state index in [-0.39, 0.29) is 5.91 Å². The SMILES string of the molecule is CCN1CCC2(C1)CN(C(=O)c1ccnn1C)C2. The third kappa shape index (κ3) is 1.73. The van der Waals surface area contributed by atoms with Crippen molar-refractivity contribution >= 4 is 5.91 Å². The normalized spacial score (nSPS) is 22.4. The lowest BCUT2D eigenvalue weighted by Gasteiger charge is -2.48. The molecule has 0 aromatic carbocycles. The minimum Gasteiger partial charge on any atom is -0.336 e. The molecule has 2 fully saturated rings. The summed E-state index contributed by atoms with van der Waals surface area (Å²) in [5, 5.41) is 4.05. The molecular formula is C13H20N4O. The largest absolute Gasteiger partial charge is 0.336 e. The zero-order valence-electron chi connectivity index (χ0n) is 11.1. The van der Waals surface area contributed by atoms with E-state index in [0.717, 1.165) is 26.2 Å². The molecule has 0 radical (unpaired) electrons. The van der Waals surface area contributed by atoms with E-state index in [9.17, 15) is 4.79 Å². The van der Waals surface area contributed by atoms with Crippen LogP contribution in [0.15, 0.2) is 12.3 Å². The molecule has 0 aliphatic carbocycles. The second-order valence-electron chi connectivity index (χ2n) is 5.62. The maximum atomic E-state index is 12.3. The lowest BCUT2D eigenvalue weighted by molar-refractivity contribution is 0.0101. The maximum absolute atomic E-state index is 12.3. The van der Waals surface area contributed by atoms with E-state index in [1.54, 1.807) is 16.9 Å². The quantitative estimate of drug-likeness (QED) is 0.769. The third-order valence-electron chi connectivity index (χ3n) is 4.34. The molecule has 3 rings (SSSR count). The summed E-state index contributed by atoms with van der Waals surface area (Å²) in [6, 6.07) is 1.79. The topological polar surface area (TPSA) is 41.4 Å². The Morgan fingerprint density at radius 1 is 1.44 bits per heavy atom. The van der Waals surface area contributed by atoms with Crippen molar-refractivity contribution in [3.05, 3.63) is 18.0 Å². The van der Waals surface area contributed by atoms with E-state index in [2.05, 4.69) is 16.9 Å². The van der Waals surface area contributed by atoms with Crippen LogP contribution >= 0.6 is 0 Å². The predicted molar refractivity (Wildman–Crippen MR) is 68.3 cm³/mol. The summed E-state index contributed by atoms with van der Waals surface area (Å²) in [6.45, 7) is 7.48. The maximum Gasteiger partial charge on any atom is 0.272 e. The molecule has 1 spiro atoms. The van der Waals surface area contributed by atoms with Crippen LogP contribution in [-0.2, 0) is 7.05 Å². The molecule has 5 heteroatoms. The van der Waals surface area contributed by atoms with E-state index in [1.165, 1.54) is 13.0 Å². The molecule has 0 bridgehead atoms. The lowest BCUT2D eigenvalue weighted by Crippen LogP contribution is -2.59. The van der Waals surface area contributed by atoms with Crippen molar-refractivity contribution in [2.45, 2.75) is 13.3 Å². The van der Waals surface area contributed by atoms with Gasteiger partial charge in [0.2, 0.25) is 0 Å². The van der Waals surface area contributed by atoms with Crippen LogP contribution in [0, 0.1) is 5.41 Å². The molecule has 3 heterocycles. The highest BCUT2D eigenvalue weighted by atomic mass is 16.2. The summed E-state index contributed by atoms with van der Waals surface area (Å²) in [5.74, 6) is 0.121. The van der Waals surface area contributed by atoms with Crippen molar-refractivity contribution in [3.8, 4) is 0 Å². The van der Waals surface area contributed by atoms with Gasteiger partial charge in [0.05, 0.1) is 0 Å². The number of rotatable bonds is 2. The molecule has 0 N–H and O–H groups in total. The molecule has 0 unspecified atom stereocenters. The monoisotopic (exact) mass is 248 g/mol. The third-order valence-corrected chi connectivity index (χ3v) is 4.34. The number of aromatic nitrogens is 2. The number of hydrogen-bond donors (Lipinski definition) is 0. The molecule has 1 aromatic rings. The first-order valence-corrected chi connectivity index (χ1v) is 6.63. The Bertz CT molecular complexity index is 461. The average Bonchev–Trinajstić information content (AvgIpc) is 2.92. The van der Waals surface area contributed by atoms with Crippen molar-refractivity contribution in [1.29, 1.82) is 0 Å². The minimum atomic E-state index is 0.121. The van der Waals surface area contributed by atoms with E-state index >= 15 is 0 Å². The molecule has 0 atom stereocenters. The van der Waals surface area contributed by atoms with Gasteiger partial charge in [0.25, 0.3) is 5.91 Å². The molecule has 1 amide bonds. The summed E-state index contributed by atoms with van der Waals surface area (Å²) >= 11 is 0. The first kappa shape index (κ1) is 11.7. The van der Waals surface area contributed by atoms with Crippen LogP contribution in [0.4, 0.5) is 0 Å². The number of amides is 1. The van der Waals surface area contributed by atoms with Gasteiger partial charge in [-0.3, -0.25) is 9.48 Å². The van der Waals surface area contributed by atoms with Crippen molar-refractivity contribution in [1.82, 2.24) is 19.6 Å². The van der Waals surface area contributed by atoms with E-state index in [0.29, 0.717) is 11.1 Å². The van der Waals surface area contributed by atoms with Crippen molar-refractivity contribution in [3.63, 3.8) is 0 Å². The van der Waals surface area contributed by atoms with Gasteiger partial charge in [0.1, 0.15) is 5.69 Å². The van der Waals surface area contributed by atoms with Gasteiger partial charge >= 0.3 is 0 Å². The summed E-state index contributed by atoms with van der Waals surface area (Å²) < 4.78 is 1.65. The van der Waals surface area contributed by atoms with Crippen LogP contribution in [0.2, 0.25) is 0 Å². The highest BCUT2D eigenvalue weighted by Gasteiger charge is 2.49. The lowest BCUT2D eigenvalue weighted by atomic mass is 9.79. The van der Waals surface area contributed by atoms with Gasteiger partial charge in [-0.15, -0.1) is 0 Å². The van der Waals surface area contributed by atoms with Gasteiger partial charge in [0, 0.05) is 38.3 Å². The number of aryl methyl sites for hydroxylation is 1. The molecule has 0 saturated carbocycles. The molecule has 2 aliphatic heterocycles. The predicted octanol–water partition coefficient (Wildman–Crippen LogP) is 0.588. The molecule has 2 aliphatic rings. The molecule has 98 valence electrons. The summed E-state index contributed by atoms with van der Waals surface area (Å²) in [6.07, 6.45) is 2.91. The fourth-order valence-electron chi connectivity index (χ4n) is 3.21. The van der Waals surface area contributed by atoms with Gasteiger partial charge in [0.15, 0.2) is 0 Å². The van der Waals surface area contributed by atoms with Gasteiger partial charge in [-0.25, -0.2) is 0 Å². The number of carbonyl (C=O) groups excluding carboxylic acids is 1. The van der Waals surface area contributed by atoms with Crippen molar-refractivity contribution in [2.24, 2.45) is 12.5 Å². The Kier molecular flexibility index (Phi) is 2.66. The van der Waals surface area contributed by atoms with Crippen molar-refractivity contribution < 1.29 is 4.79 Å². The molecular weight excluding hydrogens is 228 g/mol. The Labute approximate surface area is 107 Å². The van der Waals surface area contributed by atoms with Crippen LogP contribution in [0.25, 0.3) is 0 Å². The van der Waals surface area contributed by atoms with Crippen LogP contribution in [-0.4, -0.2) is 58.2 Å². The smallest absolute Gasteiger partial charge is 0.272 e. The fraction of sp³-hybridized carbons (Fsp3) is 0.692. The fourth-order valence-corrected chi connectivity index (χ4v) is 3.21. The number of likely N-dealkylation sites (tertiary alicyclic amines) is 2. The number of hydrogen-bond acceptors (Lipinski definition) is 3. The molecule has 5 nitrogen and oxygen atoms in total. The summed E-state index contributed by atoms with van der Waals surface area (Å²) in [4.78, 5) is 16.7. The van der Waals surface area contributed by atoms with Crippen LogP contribution in [0.1, 0.15) is 23.8 Å². The Hall–Kier alpha value is -1.36. The zero-order chi connectivity index (χ0) is 12.8. The van der Waals surface area contributed by atoms with Gasteiger partial charge in [-0.2, -0.15) is 5.10 Å². The Morgan fingerprint density at radius 3 is 2.78 bits per heavy atom. The number of nitrogens with zero attached hydrogens (tertiary/aromatic N) is 4. The summed E-state index contributed by atoms with van der Waals surface area (Å²) in [7, 11) is 1.82. The molecule has 1 aromatic heterocycles. The summed E-state index contributed by atoms with van der Waals surface area (Å²) in [5.41, 5.74) is 1.07. The number of carbonyl (C=O) groups is 1. The highest BCUT2D eigenvalue weighted by Crippen LogP contribution is 2.39. The van der Waals surface area contributed by atoms with E-state index < -0.39 is 0 Å². The van der Waals surface area contributed by atoms with Crippen LogP contribution < -0.4 is 0 Å².